The first kappa shape index (κ1) is 17.0. The quantitative estimate of drug-likeness (QED) is 0.643. The molecule has 0 unspecified atom stereocenters. The highest BCUT2D eigenvalue weighted by atomic mass is 16.5. The number of rotatable bonds is 7. The molecule has 0 fully saturated rings. The first-order valence-corrected chi connectivity index (χ1v) is 8.52. The topological polar surface area (TPSA) is 59.2 Å². The highest BCUT2D eigenvalue weighted by Crippen LogP contribution is 2.23. The Morgan fingerprint density at radius 2 is 1.76 bits per heavy atom. The summed E-state index contributed by atoms with van der Waals surface area (Å²) in [5.74, 6) is 0.594. The standard InChI is InChI=1S/C21H21NO3/c1-3-14-6-5-7-17-18(12-22-21(14)17)20(24)13-25-16-10-8-15(9-11-16)19(23)4-2/h5-12,22H,3-4,13H2,1-2H3. The molecule has 0 bridgehead atoms. The average molecular weight is 335 g/mol. The number of hydrogen-bond donors (Lipinski definition) is 1. The number of carbonyl (C=O) groups is 2. The van der Waals surface area contributed by atoms with Crippen LogP contribution in [0.3, 0.4) is 0 Å². The Kier molecular flexibility index (Phi) is 4.98. The molecule has 4 heteroatoms. The predicted octanol–water partition coefficient (Wildman–Crippen LogP) is 4.58. The summed E-state index contributed by atoms with van der Waals surface area (Å²) in [6.07, 6.45) is 3.13. The van der Waals surface area contributed by atoms with Crippen LogP contribution in [0, 0.1) is 0 Å². The molecule has 0 aliphatic carbocycles. The van der Waals surface area contributed by atoms with Crippen LogP contribution >= 0.6 is 0 Å². The van der Waals surface area contributed by atoms with Crippen molar-refractivity contribution in [3.8, 4) is 5.75 Å². The van der Waals surface area contributed by atoms with Gasteiger partial charge in [-0.05, 0) is 36.2 Å². The van der Waals surface area contributed by atoms with Gasteiger partial charge in [0, 0.05) is 34.6 Å². The van der Waals surface area contributed by atoms with Gasteiger partial charge < -0.3 is 9.72 Å². The van der Waals surface area contributed by atoms with E-state index < -0.39 is 0 Å². The molecule has 0 saturated heterocycles. The van der Waals surface area contributed by atoms with E-state index >= 15 is 0 Å². The van der Waals surface area contributed by atoms with Crippen molar-refractivity contribution in [3.63, 3.8) is 0 Å². The number of aromatic nitrogens is 1. The minimum Gasteiger partial charge on any atom is -0.485 e. The van der Waals surface area contributed by atoms with E-state index in [4.69, 9.17) is 4.74 Å². The van der Waals surface area contributed by atoms with Gasteiger partial charge in [0.25, 0.3) is 0 Å². The van der Waals surface area contributed by atoms with E-state index in [-0.39, 0.29) is 18.2 Å². The molecule has 3 aromatic rings. The number of ether oxygens (including phenoxy) is 1. The molecule has 3 rings (SSSR count). The van der Waals surface area contributed by atoms with Gasteiger partial charge in [0.1, 0.15) is 5.75 Å². The number of H-pyrrole nitrogens is 1. The van der Waals surface area contributed by atoms with Crippen molar-refractivity contribution in [3.05, 3.63) is 65.4 Å². The molecular weight excluding hydrogens is 314 g/mol. The fourth-order valence-corrected chi connectivity index (χ4v) is 2.91. The van der Waals surface area contributed by atoms with Crippen LogP contribution in [-0.4, -0.2) is 23.2 Å². The van der Waals surface area contributed by atoms with Crippen molar-refractivity contribution in [1.29, 1.82) is 0 Å². The third kappa shape index (κ3) is 3.48. The maximum Gasteiger partial charge on any atom is 0.202 e. The van der Waals surface area contributed by atoms with Crippen LogP contribution in [-0.2, 0) is 6.42 Å². The number of para-hydroxylation sites is 1. The predicted molar refractivity (Wildman–Crippen MR) is 98.6 cm³/mol. The highest BCUT2D eigenvalue weighted by Gasteiger charge is 2.14. The van der Waals surface area contributed by atoms with E-state index in [1.54, 1.807) is 30.5 Å². The lowest BCUT2D eigenvalue weighted by atomic mass is 10.1. The van der Waals surface area contributed by atoms with E-state index in [2.05, 4.69) is 18.0 Å². The Bertz CT molecular complexity index is 907. The number of fused-ring (bicyclic) bond motifs is 1. The van der Waals surface area contributed by atoms with Gasteiger partial charge in [-0.15, -0.1) is 0 Å². The summed E-state index contributed by atoms with van der Waals surface area (Å²) >= 11 is 0. The van der Waals surface area contributed by atoms with Gasteiger partial charge in [-0.25, -0.2) is 0 Å². The minimum absolute atomic E-state index is 0.0373. The molecule has 0 saturated carbocycles. The number of carbonyl (C=O) groups excluding carboxylic acids is 2. The van der Waals surface area contributed by atoms with Crippen LogP contribution in [0.4, 0.5) is 0 Å². The fraction of sp³-hybridized carbons (Fsp3) is 0.238. The van der Waals surface area contributed by atoms with Crippen LogP contribution in [0.1, 0.15) is 46.5 Å². The third-order valence-electron chi connectivity index (χ3n) is 4.35. The largest absolute Gasteiger partial charge is 0.485 e. The molecule has 1 heterocycles. The van der Waals surface area contributed by atoms with Crippen LogP contribution in [0.2, 0.25) is 0 Å². The van der Waals surface area contributed by atoms with Crippen LogP contribution in [0.15, 0.2) is 48.7 Å². The summed E-state index contributed by atoms with van der Waals surface area (Å²) in [5.41, 5.74) is 3.50. The van der Waals surface area contributed by atoms with Gasteiger partial charge >= 0.3 is 0 Å². The normalized spacial score (nSPS) is 10.8. The second-order valence-electron chi connectivity index (χ2n) is 5.91. The zero-order chi connectivity index (χ0) is 17.8. The van der Waals surface area contributed by atoms with Gasteiger partial charge in [0.05, 0.1) is 0 Å². The molecule has 0 spiro atoms. The van der Waals surface area contributed by atoms with E-state index in [0.29, 0.717) is 23.3 Å². The zero-order valence-electron chi connectivity index (χ0n) is 14.5. The Hall–Kier alpha value is -2.88. The Morgan fingerprint density at radius 1 is 1.00 bits per heavy atom. The van der Waals surface area contributed by atoms with E-state index in [1.165, 1.54) is 5.56 Å². The Balaban J connectivity index is 1.72. The fourth-order valence-electron chi connectivity index (χ4n) is 2.91. The van der Waals surface area contributed by atoms with Gasteiger partial charge in [-0.3, -0.25) is 9.59 Å². The van der Waals surface area contributed by atoms with Crippen molar-refractivity contribution < 1.29 is 14.3 Å². The summed E-state index contributed by atoms with van der Waals surface area (Å²) in [7, 11) is 0. The lowest BCUT2D eigenvalue weighted by Gasteiger charge is -2.06. The van der Waals surface area contributed by atoms with E-state index in [0.717, 1.165) is 17.3 Å². The van der Waals surface area contributed by atoms with Crippen molar-refractivity contribution in [2.45, 2.75) is 26.7 Å². The number of aromatic amines is 1. The minimum atomic E-state index is -0.0757. The summed E-state index contributed by atoms with van der Waals surface area (Å²) in [5, 5.41) is 0.928. The summed E-state index contributed by atoms with van der Waals surface area (Å²) in [6, 6.07) is 12.9. The molecule has 25 heavy (non-hydrogen) atoms. The second-order valence-corrected chi connectivity index (χ2v) is 5.91. The monoisotopic (exact) mass is 335 g/mol. The molecule has 1 N–H and O–H groups in total. The van der Waals surface area contributed by atoms with Crippen molar-refractivity contribution in [2.75, 3.05) is 6.61 Å². The Labute approximate surface area is 146 Å². The summed E-state index contributed by atoms with van der Waals surface area (Å²) < 4.78 is 5.59. The molecule has 1 aromatic heterocycles. The number of aryl methyl sites for hydroxylation is 1. The van der Waals surface area contributed by atoms with Crippen LogP contribution < -0.4 is 4.74 Å². The van der Waals surface area contributed by atoms with E-state index in [9.17, 15) is 9.59 Å². The van der Waals surface area contributed by atoms with Gasteiger partial charge in [-0.2, -0.15) is 0 Å². The molecular formula is C21H21NO3. The number of benzene rings is 2. The molecule has 0 atom stereocenters. The lowest BCUT2D eigenvalue weighted by Crippen LogP contribution is -2.11. The van der Waals surface area contributed by atoms with Gasteiger partial charge in [-0.1, -0.05) is 32.0 Å². The Morgan fingerprint density at radius 3 is 2.44 bits per heavy atom. The van der Waals surface area contributed by atoms with E-state index in [1.807, 2.05) is 19.1 Å². The lowest BCUT2D eigenvalue weighted by molar-refractivity contribution is 0.0921. The number of hydrogen-bond acceptors (Lipinski definition) is 3. The van der Waals surface area contributed by atoms with Gasteiger partial charge in [0.2, 0.25) is 5.78 Å². The number of nitrogens with one attached hydrogen (secondary N) is 1. The first-order valence-electron chi connectivity index (χ1n) is 8.52. The highest BCUT2D eigenvalue weighted by molar-refractivity contribution is 6.09. The van der Waals surface area contributed by atoms with Gasteiger partial charge in [0.15, 0.2) is 12.4 Å². The first-order chi connectivity index (χ1) is 12.1. The summed E-state index contributed by atoms with van der Waals surface area (Å²) in [4.78, 5) is 27.3. The van der Waals surface area contributed by atoms with Crippen LogP contribution in [0.5, 0.6) is 5.75 Å². The molecule has 4 nitrogen and oxygen atoms in total. The van der Waals surface area contributed by atoms with Crippen LogP contribution in [0.25, 0.3) is 10.9 Å². The molecule has 0 aliphatic rings. The maximum atomic E-state index is 12.5. The smallest absolute Gasteiger partial charge is 0.202 e. The van der Waals surface area contributed by atoms with Crippen molar-refractivity contribution in [2.24, 2.45) is 0 Å². The average Bonchev–Trinajstić information content (AvgIpc) is 3.10. The van der Waals surface area contributed by atoms with Crippen molar-refractivity contribution in [1.82, 2.24) is 4.98 Å². The molecule has 128 valence electrons. The maximum absolute atomic E-state index is 12.5. The molecule has 0 aliphatic heterocycles. The molecule has 2 aromatic carbocycles. The van der Waals surface area contributed by atoms with Crippen molar-refractivity contribution >= 4 is 22.5 Å². The third-order valence-corrected chi connectivity index (χ3v) is 4.35. The zero-order valence-corrected chi connectivity index (χ0v) is 14.5. The summed E-state index contributed by atoms with van der Waals surface area (Å²) in [6.45, 7) is 3.88. The molecule has 0 radical (unpaired) electrons. The number of Topliss-reactive ketones (excluding diaryl/α,β-unsaturated/α-hetero) is 2. The molecule has 0 amide bonds. The SMILES string of the molecule is CCC(=O)c1ccc(OCC(=O)c2c[nH]c3c(CC)cccc23)cc1. The second kappa shape index (κ2) is 7.34. The number of ketones is 2.